The first-order valence-electron chi connectivity index (χ1n) is 7.77. The molecular weight excluding hydrogens is 316 g/mol. The number of carboxylic acids is 1. The molecule has 0 aliphatic heterocycles. The van der Waals surface area contributed by atoms with Gasteiger partial charge in [0.25, 0.3) is 0 Å². The molecule has 1 aromatic heterocycles. The molecule has 0 saturated carbocycles. The van der Waals surface area contributed by atoms with Crippen molar-refractivity contribution in [3.63, 3.8) is 0 Å². The van der Waals surface area contributed by atoms with Crippen molar-refractivity contribution in [2.24, 2.45) is 0 Å². The smallest absolute Gasteiger partial charge is 0.335 e. The molecule has 6 nitrogen and oxygen atoms in total. The fourth-order valence-electron chi connectivity index (χ4n) is 2.57. The number of hydrogen-bond donors (Lipinski definition) is 3. The number of benzene rings is 2. The van der Waals surface area contributed by atoms with Crippen molar-refractivity contribution >= 4 is 29.0 Å². The SMILES string of the molecule is Cc1cc(C)cc(Nc2cc(Nc3cccc(C(=O)O)c3)ncn2)c1. The molecule has 0 bridgehead atoms. The van der Waals surface area contributed by atoms with Gasteiger partial charge in [0.1, 0.15) is 18.0 Å². The summed E-state index contributed by atoms with van der Waals surface area (Å²) in [6, 6.07) is 14.5. The number of rotatable bonds is 5. The summed E-state index contributed by atoms with van der Waals surface area (Å²) in [5.74, 6) is 0.254. The molecule has 0 amide bonds. The highest BCUT2D eigenvalue weighted by Gasteiger charge is 2.05. The van der Waals surface area contributed by atoms with Crippen molar-refractivity contribution in [1.29, 1.82) is 0 Å². The zero-order valence-corrected chi connectivity index (χ0v) is 13.9. The Morgan fingerprint density at radius 3 is 2.16 bits per heavy atom. The Morgan fingerprint density at radius 2 is 1.52 bits per heavy atom. The third kappa shape index (κ3) is 4.32. The molecule has 2 aromatic carbocycles. The second-order valence-electron chi connectivity index (χ2n) is 5.80. The Kier molecular flexibility index (Phi) is 4.61. The van der Waals surface area contributed by atoms with Gasteiger partial charge in [-0.2, -0.15) is 0 Å². The van der Waals surface area contributed by atoms with E-state index < -0.39 is 5.97 Å². The van der Waals surface area contributed by atoms with Crippen LogP contribution in [-0.4, -0.2) is 21.0 Å². The summed E-state index contributed by atoms with van der Waals surface area (Å²) in [5, 5.41) is 15.4. The van der Waals surface area contributed by atoms with E-state index in [1.54, 1.807) is 30.3 Å². The molecule has 0 atom stereocenters. The van der Waals surface area contributed by atoms with E-state index in [1.165, 1.54) is 17.5 Å². The normalized spacial score (nSPS) is 10.3. The molecule has 0 aliphatic carbocycles. The highest BCUT2D eigenvalue weighted by molar-refractivity contribution is 5.89. The molecule has 3 N–H and O–H groups in total. The van der Waals surface area contributed by atoms with Crippen molar-refractivity contribution in [3.8, 4) is 0 Å². The van der Waals surface area contributed by atoms with Crippen LogP contribution in [0.2, 0.25) is 0 Å². The Hall–Kier alpha value is -3.41. The van der Waals surface area contributed by atoms with Crippen molar-refractivity contribution in [2.75, 3.05) is 10.6 Å². The maximum atomic E-state index is 11.1. The van der Waals surface area contributed by atoms with Gasteiger partial charge in [0.05, 0.1) is 5.56 Å². The van der Waals surface area contributed by atoms with Gasteiger partial charge >= 0.3 is 5.97 Å². The molecule has 0 aliphatic rings. The Bertz CT molecular complexity index is 905. The average Bonchev–Trinajstić information content (AvgIpc) is 2.54. The van der Waals surface area contributed by atoms with Crippen LogP contribution in [-0.2, 0) is 0 Å². The van der Waals surface area contributed by atoms with Gasteiger partial charge in [-0.25, -0.2) is 14.8 Å². The van der Waals surface area contributed by atoms with E-state index in [0.29, 0.717) is 17.3 Å². The van der Waals surface area contributed by atoms with Crippen molar-refractivity contribution in [1.82, 2.24) is 9.97 Å². The van der Waals surface area contributed by atoms with E-state index >= 15 is 0 Å². The topological polar surface area (TPSA) is 87.1 Å². The molecule has 0 fully saturated rings. The van der Waals surface area contributed by atoms with Crippen LogP contribution in [0.15, 0.2) is 54.9 Å². The zero-order valence-electron chi connectivity index (χ0n) is 13.9. The summed E-state index contributed by atoms with van der Waals surface area (Å²) in [7, 11) is 0. The number of carbonyl (C=O) groups is 1. The summed E-state index contributed by atoms with van der Waals surface area (Å²) >= 11 is 0. The molecule has 1 heterocycles. The minimum Gasteiger partial charge on any atom is -0.478 e. The first-order valence-corrected chi connectivity index (χ1v) is 7.77. The largest absolute Gasteiger partial charge is 0.478 e. The molecule has 3 rings (SSSR count). The number of anilines is 4. The molecule has 126 valence electrons. The van der Waals surface area contributed by atoms with Gasteiger partial charge in [0, 0.05) is 17.4 Å². The Labute approximate surface area is 145 Å². The number of aromatic nitrogens is 2. The van der Waals surface area contributed by atoms with Crippen molar-refractivity contribution < 1.29 is 9.90 Å². The Morgan fingerprint density at radius 1 is 0.880 bits per heavy atom. The van der Waals surface area contributed by atoms with Crippen LogP contribution in [0.25, 0.3) is 0 Å². The van der Waals surface area contributed by atoms with Gasteiger partial charge in [-0.05, 0) is 55.3 Å². The van der Waals surface area contributed by atoms with E-state index in [1.807, 2.05) is 26.0 Å². The third-order valence-electron chi connectivity index (χ3n) is 3.54. The fourth-order valence-corrected chi connectivity index (χ4v) is 2.57. The summed E-state index contributed by atoms with van der Waals surface area (Å²) in [6.45, 7) is 4.08. The number of aryl methyl sites for hydroxylation is 2. The minimum atomic E-state index is -0.969. The number of aromatic carboxylic acids is 1. The Balaban J connectivity index is 1.79. The molecular formula is C19H18N4O2. The number of carboxylic acid groups (broad SMARTS) is 1. The third-order valence-corrected chi connectivity index (χ3v) is 3.54. The predicted molar refractivity (Wildman–Crippen MR) is 97.9 cm³/mol. The van der Waals surface area contributed by atoms with Gasteiger partial charge in [-0.3, -0.25) is 0 Å². The van der Waals surface area contributed by atoms with E-state index in [2.05, 4.69) is 26.7 Å². The molecule has 0 radical (unpaired) electrons. The summed E-state index contributed by atoms with van der Waals surface area (Å²) in [6.07, 6.45) is 1.45. The van der Waals surface area contributed by atoms with E-state index in [4.69, 9.17) is 5.11 Å². The molecule has 0 unspecified atom stereocenters. The number of hydrogen-bond acceptors (Lipinski definition) is 5. The van der Waals surface area contributed by atoms with E-state index in [0.717, 1.165) is 5.69 Å². The summed E-state index contributed by atoms with van der Waals surface area (Å²) < 4.78 is 0. The second kappa shape index (κ2) is 7.00. The van der Waals surface area contributed by atoms with Crippen LogP contribution in [0, 0.1) is 13.8 Å². The highest BCUT2D eigenvalue weighted by Crippen LogP contribution is 2.21. The molecule has 3 aromatic rings. The van der Waals surface area contributed by atoms with Crippen LogP contribution in [0.5, 0.6) is 0 Å². The minimum absolute atomic E-state index is 0.215. The lowest BCUT2D eigenvalue weighted by molar-refractivity contribution is 0.0697. The molecule has 25 heavy (non-hydrogen) atoms. The highest BCUT2D eigenvalue weighted by atomic mass is 16.4. The lowest BCUT2D eigenvalue weighted by Gasteiger charge is -2.10. The first kappa shape index (κ1) is 16.4. The molecule has 0 saturated heterocycles. The predicted octanol–water partition coefficient (Wildman–Crippen LogP) is 4.28. The van der Waals surface area contributed by atoms with E-state index in [9.17, 15) is 4.79 Å². The average molecular weight is 334 g/mol. The van der Waals surface area contributed by atoms with Crippen molar-refractivity contribution in [3.05, 3.63) is 71.5 Å². The monoisotopic (exact) mass is 334 g/mol. The van der Waals surface area contributed by atoms with Crippen LogP contribution in [0.3, 0.4) is 0 Å². The lowest BCUT2D eigenvalue weighted by atomic mass is 10.1. The van der Waals surface area contributed by atoms with Gasteiger partial charge < -0.3 is 15.7 Å². The van der Waals surface area contributed by atoms with E-state index in [-0.39, 0.29) is 5.56 Å². The van der Waals surface area contributed by atoms with Crippen LogP contribution in [0.4, 0.5) is 23.0 Å². The maximum absolute atomic E-state index is 11.1. The summed E-state index contributed by atoms with van der Waals surface area (Å²) in [4.78, 5) is 19.5. The van der Waals surface area contributed by atoms with Gasteiger partial charge in [0.2, 0.25) is 0 Å². The molecule has 0 spiro atoms. The van der Waals surface area contributed by atoms with Gasteiger partial charge in [-0.1, -0.05) is 12.1 Å². The second-order valence-corrected chi connectivity index (χ2v) is 5.80. The van der Waals surface area contributed by atoms with Crippen LogP contribution >= 0.6 is 0 Å². The van der Waals surface area contributed by atoms with Gasteiger partial charge in [0.15, 0.2) is 0 Å². The number of nitrogens with zero attached hydrogens (tertiary/aromatic N) is 2. The van der Waals surface area contributed by atoms with Crippen LogP contribution < -0.4 is 10.6 Å². The van der Waals surface area contributed by atoms with Crippen molar-refractivity contribution in [2.45, 2.75) is 13.8 Å². The maximum Gasteiger partial charge on any atom is 0.335 e. The zero-order chi connectivity index (χ0) is 17.8. The lowest BCUT2D eigenvalue weighted by Crippen LogP contribution is -2.00. The van der Waals surface area contributed by atoms with Crippen LogP contribution in [0.1, 0.15) is 21.5 Å². The molecule has 6 heteroatoms. The first-order chi connectivity index (χ1) is 12.0. The fraction of sp³-hybridized carbons (Fsp3) is 0.105. The number of nitrogens with one attached hydrogen (secondary N) is 2. The summed E-state index contributed by atoms with van der Waals surface area (Å²) in [5.41, 5.74) is 4.15. The quantitative estimate of drug-likeness (QED) is 0.645. The van der Waals surface area contributed by atoms with Gasteiger partial charge in [-0.15, -0.1) is 0 Å². The standard InChI is InChI=1S/C19H18N4O2/c1-12-6-13(2)8-16(7-12)23-18-10-17(20-11-21-18)22-15-5-3-4-14(9-15)19(24)25/h3-11H,1-2H3,(H,24,25)(H2,20,21,22,23).